The number of anilines is 1. The first kappa shape index (κ1) is 18.4. The van der Waals surface area contributed by atoms with E-state index >= 15 is 0 Å². The zero-order valence-corrected chi connectivity index (χ0v) is 15.6. The number of carbonyl (C=O) groups excluding carboxylic acids is 1. The Balaban J connectivity index is 2.92. The molecule has 0 aromatic heterocycles. The molecular weight excluding hydrogens is 352 g/mol. The maximum atomic E-state index is 13.7. The van der Waals surface area contributed by atoms with E-state index in [1.54, 1.807) is 0 Å². The predicted octanol–water partition coefficient (Wildman–Crippen LogP) is 4.20. The van der Waals surface area contributed by atoms with Crippen LogP contribution in [0.25, 0.3) is 11.1 Å². The highest BCUT2D eigenvalue weighted by atomic mass is 35.5. The molecule has 3 nitrogen and oxygen atoms in total. The molecule has 0 saturated heterocycles. The van der Waals surface area contributed by atoms with Crippen molar-refractivity contribution in [2.24, 2.45) is 0 Å². The molecule has 24 heavy (non-hydrogen) atoms. The highest BCUT2D eigenvalue weighted by Gasteiger charge is 2.29. The molecule has 0 bridgehead atoms. The summed E-state index contributed by atoms with van der Waals surface area (Å²) in [7, 11) is -0.761. The fraction of sp³-hybridized carbons (Fsp3) is 0.235. The first-order valence-electron chi connectivity index (χ1n) is 7.23. The van der Waals surface area contributed by atoms with Crippen LogP contribution < -0.4 is 10.9 Å². The number of rotatable bonds is 3. The molecule has 0 fully saturated rings. The minimum Gasteiger partial charge on any atom is -0.465 e. The lowest BCUT2D eigenvalue weighted by Gasteiger charge is -2.24. The number of hydrogen-bond acceptors (Lipinski definition) is 3. The Hall–Kier alpha value is -1.92. The number of hydrogen-bond donors (Lipinski definition) is 1. The van der Waals surface area contributed by atoms with Crippen molar-refractivity contribution in [3.8, 4) is 11.1 Å². The van der Waals surface area contributed by atoms with E-state index in [2.05, 4.69) is 0 Å². The van der Waals surface area contributed by atoms with Crippen molar-refractivity contribution in [1.29, 1.82) is 0 Å². The van der Waals surface area contributed by atoms with Crippen molar-refractivity contribution in [3.05, 3.63) is 46.5 Å². The van der Waals surface area contributed by atoms with E-state index < -0.39 is 25.7 Å². The van der Waals surface area contributed by atoms with Crippen molar-refractivity contribution in [1.82, 2.24) is 0 Å². The topological polar surface area (TPSA) is 52.3 Å². The van der Waals surface area contributed by atoms with Crippen LogP contribution in [-0.2, 0) is 4.74 Å². The second kappa shape index (κ2) is 6.53. The Morgan fingerprint density at radius 2 is 1.67 bits per heavy atom. The van der Waals surface area contributed by atoms with Gasteiger partial charge in [0, 0.05) is 22.3 Å². The van der Waals surface area contributed by atoms with Crippen molar-refractivity contribution in [2.45, 2.75) is 19.6 Å². The highest BCUT2D eigenvalue weighted by Crippen LogP contribution is 2.34. The molecule has 0 aliphatic rings. The fourth-order valence-corrected chi connectivity index (χ4v) is 5.50. The average Bonchev–Trinajstić information content (AvgIpc) is 2.42. The van der Waals surface area contributed by atoms with Gasteiger partial charge in [-0.2, -0.15) is 0 Å². The summed E-state index contributed by atoms with van der Waals surface area (Å²) in [6.45, 7) is 6.12. The van der Waals surface area contributed by atoms with Crippen LogP contribution >= 0.6 is 11.6 Å². The van der Waals surface area contributed by atoms with Crippen molar-refractivity contribution in [3.63, 3.8) is 0 Å². The van der Waals surface area contributed by atoms with Crippen LogP contribution in [0.2, 0.25) is 24.7 Å². The molecule has 128 valence electrons. The maximum Gasteiger partial charge on any atom is 0.338 e. The van der Waals surface area contributed by atoms with Crippen LogP contribution in [0.15, 0.2) is 24.3 Å². The molecule has 0 spiro atoms. The number of ether oxygens (including phenoxy) is 1. The molecule has 0 aliphatic heterocycles. The smallest absolute Gasteiger partial charge is 0.338 e. The molecule has 0 aliphatic carbocycles. The van der Waals surface area contributed by atoms with E-state index in [4.69, 9.17) is 22.1 Å². The lowest BCUT2D eigenvalue weighted by atomic mass is 9.97. The molecule has 0 heterocycles. The zero-order chi connectivity index (χ0) is 18.2. The zero-order valence-electron chi connectivity index (χ0n) is 13.8. The van der Waals surface area contributed by atoms with Gasteiger partial charge in [-0.1, -0.05) is 31.2 Å². The molecule has 0 saturated carbocycles. The minimum atomic E-state index is -1.98. The van der Waals surface area contributed by atoms with Crippen LogP contribution in [0.3, 0.4) is 0 Å². The second-order valence-electron chi connectivity index (χ2n) is 6.47. The lowest BCUT2D eigenvalue weighted by Crippen LogP contribution is -2.41. The van der Waals surface area contributed by atoms with E-state index in [9.17, 15) is 13.6 Å². The Morgan fingerprint density at radius 3 is 2.12 bits per heavy atom. The number of methoxy groups -OCH3 is 1. The summed E-state index contributed by atoms with van der Waals surface area (Å²) in [5, 5.41) is 1.09. The highest BCUT2D eigenvalue weighted by molar-refractivity contribution is 6.91. The summed E-state index contributed by atoms with van der Waals surface area (Å²) in [6, 6.07) is 4.47. The number of benzene rings is 2. The normalized spacial score (nSPS) is 11.5. The van der Waals surface area contributed by atoms with Crippen LogP contribution in [0.1, 0.15) is 10.4 Å². The van der Waals surface area contributed by atoms with Crippen LogP contribution in [0.4, 0.5) is 14.5 Å². The van der Waals surface area contributed by atoms with Gasteiger partial charge in [-0.15, -0.1) is 0 Å². The van der Waals surface area contributed by atoms with Gasteiger partial charge in [-0.25, -0.2) is 13.6 Å². The van der Waals surface area contributed by atoms with Crippen molar-refractivity contribution >= 4 is 36.5 Å². The standard InChI is InChI=1S/C17H18ClF2NO2Si/c1-23-17(22)12-8-13(18)16(24(2,3)4)15(21)14(12)9-5-10(19)7-11(20)6-9/h5-8H,21H2,1-4H3. The summed E-state index contributed by atoms with van der Waals surface area (Å²) in [4.78, 5) is 12.1. The number of esters is 1. The third kappa shape index (κ3) is 3.44. The lowest BCUT2D eigenvalue weighted by molar-refractivity contribution is 0.0601. The van der Waals surface area contributed by atoms with Gasteiger partial charge in [-0.3, -0.25) is 0 Å². The molecule has 2 aromatic carbocycles. The molecule has 2 aromatic rings. The quantitative estimate of drug-likeness (QED) is 0.501. The number of nitrogens with two attached hydrogens (primary N) is 1. The van der Waals surface area contributed by atoms with E-state index in [1.165, 1.54) is 13.2 Å². The summed E-state index contributed by atoms with van der Waals surface area (Å²) >= 11 is 6.34. The molecule has 0 amide bonds. The minimum absolute atomic E-state index is 0.0759. The molecule has 2 rings (SSSR count). The van der Waals surface area contributed by atoms with Crippen molar-refractivity contribution < 1.29 is 18.3 Å². The van der Waals surface area contributed by atoms with Crippen LogP contribution in [0, 0.1) is 11.6 Å². The average molecular weight is 370 g/mol. The Bertz CT molecular complexity index is 799. The summed E-state index contributed by atoms with van der Waals surface area (Å²) in [5.41, 5.74) is 7.03. The van der Waals surface area contributed by atoms with E-state index in [1.807, 2.05) is 19.6 Å². The Morgan fingerprint density at radius 1 is 1.12 bits per heavy atom. The summed E-state index contributed by atoms with van der Waals surface area (Å²) < 4.78 is 32.1. The third-order valence-electron chi connectivity index (χ3n) is 3.62. The molecule has 0 atom stereocenters. The Kier molecular flexibility index (Phi) is 5.01. The number of halogens is 3. The van der Waals surface area contributed by atoms with E-state index in [-0.39, 0.29) is 22.4 Å². The second-order valence-corrected chi connectivity index (χ2v) is 11.9. The largest absolute Gasteiger partial charge is 0.465 e. The Labute approximate surface area is 145 Å². The predicted molar refractivity (Wildman–Crippen MR) is 95.5 cm³/mol. The first-order valence-corrected chi connectivity index (χ1v) is 11.1. The molecule has 2 N–H and O–H groups in total. The summed E-state index contributed by atoms with van der Waals surface area (Å²) in [5.74, 6) is -2.19. The maximum absolute atomic E-state index is 13.7. The fourth-order valence-electron chi connectivity index (χ4n) is 2.71. The third-order valence-corrected chi connectivity index (χ3v) is 6.12. The van der Waals surface area contributed by atoms with Gasteiger partial charge in [0.25, 0.3) is 0 Å². The van der Waals surface area contributed by atoms with Gasteiger partial charge in [0.2, 0.25) is 0 Å². The summed E-state index contributed by atoms with van der Waals surface area (Å²) in [6.07, 6.45) is 0. The van der Waals surface area contributed by atoms with Gasteiger partial charge in [0.1, 0.15) is 11.6 Å². The van der Waals surface area contributed by atoms with Gasteiger partial charge in [-0.05, 0) is 28.9 Å². The molecule has 7 heteroatoms. The SMILES string of the molecule is COC(=O)c1cc(Cl)c([Si](C)(C)C)c(N)c1-c1cc(F)cc(F)c1. The number of carbonyl (C=O) groups is 1. The van der Waals surface area contributed by atoms with Gasteiger partial charge in [0.15, 0.2) is 0 Å². The molecule has 0 radical (unpaired) electrons. The van der Waals surface area contributed by atoms with Crippen molar-refractivity contribution in [2.75, 3.05) is 12.8 Å². The molecule has 0 unspecified atom stereocenters. The van der Waals surface area contributed by atoms with E-state index in [0.717, 1.165) is 23.4 Å². The van der Waals surface area contributed by atoms with Gasteiger partial charge >= 0.3 is 5.97 Å². The van der Waals surface area contributed by atoms with E-state index in [0.29, 0.717) is 5.02 Å². The molecular formula is C17H18ClF2NO2Si. The van der Waals surface area contributed by atoms with Crippen LogP contribution in [0.5, 0.6) is 0 Å². The monoisotopic (exact) mass is 369 g/mol. The van der Waals surface area contributed by atoms with Gasteiger partial charge < -0.3 is 10.5 Å². The first-order chi connectivity index (χ1) is 11.1. The van der Waals surface area contributed by atoms with Crippen LogP contribution in [-0.4, -0.2) is 21.2 Å². The number of nitrogen functional groups attached to an aromatic ring is 1. The van der Waals surface area contributed by atoms with Gasteiger partial charge in [0.05, 0.1) is 20.7 Å².